The first-order chi connectivity index (χ1) is 9.48. The van der Waals surface area contributed by atoms with E-state index in [9.17, 15) is 0 Å². The first-order valence-corrected chi connectivity index (χ1v) is 7.63. The molecular weight excluding hydrogens is 268 g/mol. The molecule has 0 atom stereocenters. The molecule has 0 amide bonds. The second-order valence-electron chi connectivity index (χ2n) is 6.25. The fourth-order valence-electron chi connectivity index (χ4n) is 2.68. The second kappa shape index (κ2) is 6.55. The predicted octanol–water partition coefficient (Wildman–Crippen LogP) is 2.82. The number of nitrogens with zero attached hydrogens (tertiary/aromatic N) is 1. The first kappa shape index (κ1) is 15.3. The molecule has 0 spiro atoms. The van der Waals surface area contributed by atoms with Crippen molar-refractivity contribution in [3.05, 3.63) is 29.8 Å². The summed E-state index contributed by atoms with van der Waals surface area (Å²) in [5.74, 6) is 0.793. The highest BCUT2D eigenvalue weighted by Gasteiger charge is 2.28. The number of rotatable bonds is 6. The predicted molar refractivity (Wildman–Crippen MR) is 87.3 cm³/mol. The van der Waals surface area contributed by atoms with Crippen LogP contribution in [0.1, 0.15) is 32.3 Å². The van der Waals surface area contributed by atoms with E-state index in [4.69, 9.17) is 22.7 Å². The molecule has 1 saturated heterocycles. The number of para-hydroxylation sites is 1. The average Bonchev–Trinajstić information content (AvgIpc) is 2.74. The van der Waals surface area contributed by atoms with Gasteiger partial charge in [0.05, 0.1) is 12.2 Å². The summed E-state index contributed by atoms with van der Waals surface area (Å²) >= 11 is 5.03. The summed E-state index contributed by atoms with van der Waals surface area (Å²) in [5.41, 5.74) is 6.99. The van der Waals surface area contributed by atoms with E-state index in [1.807, 2.05) is 24.3 Å². The van der Waals surface area contributed by atoms with Crippen molar-refractivity contribution < 1.29 is 4.74 Å². The number of ether oxygens (including phenoxy) is 1. The molecule has 110 valence electrons. The number of likely N-dealkylation sites (tertiary alicyclic amines) is 1. The van der Waals surface area contributed by atoms with Gasteiger partial charge in [-0.2, -0.15) is 0 Å². The van der Waals surface area contributed by atoms with Crippen LogP contribution in [-0.4, -0.2) is 36.1 Å². The minimum absolute atomic E-state index is 0.391. The Morgan fingerprint density at radius 1 is 1.40 bits per heavy atom. The summed E-state index contributed by atoms with van der Waals surface area (Å²) in [6, 6.07) is 7.70. The largest absolute Gasteiger partial charge is 0.493 e. The Bertz CT molecular complexity index is 473. The van der Waals surface area contributed by atoms with Gasteiger partial charge < -0.3 is 15.4 Å². The average molecular weight is 292 g/mol. The number of hydrogen-bond donors (Lipinski definition) is 1. The highest BCUT2D eigenvalue weighted by molar-refractivity contribution is 7.80. The monoisotopic (exact) mass is 292 g/mol. The fraction of sp³-hybridized carbons (Fsp3) is 0.562. The Kier molecular flexibility index (Phi) is 5.00. The lowest BCUT2D eigenvalue weighted by molar-refractivity contribution is 0.247. The van der Waals surface area contributed by atoms with Crippen molar-refractivity contribution >= 4 is 17.2 Å². The third-order valence-electron chi connectivity index (χ3n) is 3.79. The lowest BCUT2D eigenvalue weighted by atomic mass is 9.93. The van der Waals surface area contributed by atoms with Gasteiger partial charge >= 0.3 is 0 Å². The molecule has 1 aliphatic rings. The van der Waals surface area contributed by atoms with Crippen LogP contribution in [0.5, 0.6) is 5.75 Å². The van der Waals surface area contributed by atoms with Crippen LogP contribution in [-0.2, 0) is 0 Å². The molecule has 2 N–H and O–H groups in total. The fourth-order valence-corrected chi connectivity index (χ4v) is 2.85. The van der Waals surface area contributed by atoms with Gasteiger partial charge in [0.25, 0.3) is 0 Å². The number of nitrogens with two attached hydrogens (primary N) is 1. The van der Waals surface area contributed by atoms with Crippen LogP contribution >= 0.6 is 12.2 Å². The Balaban J connectivity index is 1.75. The molecule has 20 heavy (non-hydrogen) atoms. The van der Waals surface area contributed by atoms with Gasteiger partial charge in [-0.25, -0.2) is 0 Å². The van der Waals surface area contributed by atoms with Gasteiger partial charge in [-0.05, 0) is 36.9 Å². The molecule has 0 saturated carbocycles. The Hall–Kier alpha value is -1.13. The number of benzene rings is 1. The zero-order valence-electron chi connectivity index (χ0n) is 12.4. The molecule has 3 nitrogen and oxygen atoms in total. The van der Waals surface area contributed by atoms with E-state index in [-0.39, 0.29) is 0 Å². The smallest absolute Gasteiger partial charge is 0.129 e. The second-order valence-corrected chi connectivity index (χ2v) is 6.69. The van der Waals surface area contributed by atoms with Crippen LogP contribution in [0.15, 0.2) is 24.3 Å². The molecule has 1 heterocycles. The van der Waals surface area contributed by atoms with Crippen LogP contribution in [0.4, 0.5) is 0 Å². The molecule has 4 heteroatoms. The maximum atomic E-state index is 5.82. The molecule has 1 aromatic rings. The van der Waals surface area contributed by atoms with Gasteiger partial charge in [-0.15, -0.1) is 0 Å². The van der Waals surface area contributed by atoms with Crippen molar-refractivity contribution in [2.45, 2.75) is 26.7 Å². The third kappa shape index (κ3) is 4.18. The molecule has 1 fully saturated rings. The van der Waals surface area contributed by atoms with E-state index < -0.39 is 0 Å². The SMILES string of the molecule is CC1(C)CCN(CCCOc2ccccc2C(N)=S)C1. The van der Waals surface area contributed by atoms with Crippen LogP contribution in [0.3, 0.4) is 0 Å². The van der Waals surface area contributed by atoms with Crippen LogP contribution < -0.4 is 10.5 Å². The van der Waals surface area contributed by atoms with E-state index in [0.29, 0.717) is 17.0 Å². The molecule has 0 radical (unpaired) electrons. The molecular formula is C16H24N2OS. The van der Waals surface area contributed by atoms with Crippen molar-refractivity contribution in [3.8, 4) is 5.75 Å². The van der Waals surface area contributed by atoms with Crippen LogP contribution in [0.25, 0.3) is 0 Å². The van der Waals surface area contributed by atoms with Crippen molar-refractivity contribution in [2.75, 3.05) is 26.2 Å². The maximum absolute atomic E-state index is 5.82. The summed E-state index contributed by atoms with van der Waals surface area (Å²) in [6.07, 6.45) is 2.32. The minimum Gasteiger partial charge on any atom is -0.493 e. The summed E-state index contributed by atoms with van der Waals surface area (Å²) in [6.45, 7) is 8.87. The molecule has 0 aromatic heterocycles. The van der Waals surface area contributed by atoms with Gasteiger partial charge in [-0.3, -0.25) is 0 Å². The van der Waals surface area contributed by atoms with Crippen LogP contribution in [0.2, 0.25) is 0 Å². The van der Waals surface area contributed by atoms with Gasteiger partial charge in [0, 0.05) is 13.1 Å². The molecule has 2 rings (SSSR count). The van der Waals surface area contributed by atoms with Crippen molar-refractivity contribution in [1.82, 2.24) is 4.90 Å². The topological polar surface area (TPSA) is 38.5 Å². The van der Waals surface area contributed by atoms with E-state index in [2.05, 4.69) is 18.7 Å². The van der Waals surface area contributed by atoms with E-state index in [1.165, 1.54) is 19.5 Å². The van der Waals surface area contributed by atoms with Gasteiger partial charge in [0.1, 0.15) is 10.7 Å². The van der Waals surface area contributed by atoms with Crippen molar-refractivity contribution in [1.29, 1.82) is 0 Å². The normalized spacial score (nSPS) is 18.1. The van der Waals surface area contributed by atoms with Gasteiger partial charge in [0.2, 0.25) is 0 Å². The standard InChI is InChI=1S/C16H24N2OS/c1-16(2)8-10-18(12-16)9-5-11-19-14-7-4-3-6-13(14)15(17)20/h3-4,6-7H,5,8-12H2,1-2H3,(H2,17,20). The Morgan fingerprint density at radius 2 is 2.15 bits per heavy atom. The Morgan fingerprint density at radius 3 is 2.80 bits per heavy atom. The first-order valence-electron chi connectivity index (χ1n) is 7.22. The lowest BCUT2D eigenvalue weighted by Gasteiger charge is -2.19. The molecule has 1 aromatic carbocycles. The summed E-state index contributed by atoms with van der Waals surface area (Å²) in [7, 11) is 0. The minimum atomic E-state index is 0.391. The summed E-state index contributed by atoms with van der Waals surface area (Å²) in [4.78, 5) is 2.91. The molecule has 0 aliphatic carbocycles. The third-order valence-corrected chi connectivity index (χ3v) is 4.01. The lowest BCUT2D eigenvalue weighted by Crippen LogP contribution is -2.25. The Labute approximate surface area is 127 Å². The summed E-state index contributed by atoms with van der Waals surface area (Å²) < 4.78 is 5.82. The number of hydrogen-bond acceptors (Lipinski definition) is 3. The van der Waals surface area contributed by atoms with Gasteiger partial charge in [0.15, 0.2) is 0 Å². The maximum Gasteiger partial charge on any atom is 0.129 e. The quantitative estimate of drug-likeness (QED) is 0.646. The van der Waals surface area contributed by atoms with Crippen molar-refractivity contribution in [3.63, 3.8) is 0 Å². The molecule has 0 unspecified atom stereocenters. The molecule has 0 bridgehead atoms. The highest BCUT2D eigenvalue weighted by Crippen LogP contribution is 2.28. The number of thiocarbonyl (C=S) groups is 1. The van der Waals surface area contributed by atoms with E-state index in [1.54, 1.807) is 0 Å². The highest BCUT2D eigenvalue weighted by atomic mass is 32.1. The van der Waals surface area contributed by atoms with Gasteiger partial charge in [-0.1, -0.05) is 38.2 Å². The zero-order chi connectivity index (χ0) is 14.6. The zero-order valence-corrected chi connectivity index (χ0v) is 13.2. The van der Waals surface area contributed by atoms with Crippen LogP contribution in [0, 0.1) is 5.41 Å². The van der Waals surface area contributed by atoms with E-state index in [0.717, 1.165) is 24.3 Å². The summed E-state index contributed by atoms with van der Waals surface area (Å²) in [5, 5.41) is 0. The molecule has 1 aliphatic heterocycles. The van der Waals surface area contributed by atoms with Crippen molar-refractivity contribution in [2.24, 2.45) is 11.1 Å². The van der Waals surface area contributed by atoms with E-state index >= 15 is 0 Å².